The van der Waals surface area contributed by atoms with Crippen LogP contribution in [0.1, 0.15) is 27.2 Å². The minimum atomic E-state index is 1.03. The van der Waals surface area contributed by atoms with Gasteiger partial charge in [-0.2, -0.15) is 0 Å². The molecule has 56 valence electrons. The maximum absolute atomic E-state index is 4.13. The molecule has 0 aromatic heterocycles. The van der Waals surface area contributed by atoms with Crippen molar-refractivity contribution in [3.8, 4) is 0 Å². The monoisotopic (exact) mass is 137 g/mol. The van der Waals surface area contributed by atoms with Gasteiger partial charge in [0.05, 0.1) is 5.70 Å². The maximum atomic E-state index is 4.13. The van der Waals surface area contributed by atoms with Crippen molar-refractivity contribution >= 4 is 6.21 Å². The maximum Gasteiger partial charge on any atom is 0.0579 e. The Hall–Kier alpha value is -0.850. The molecule has 0 spiro atoms. The van der Waals surface area contributed by atoms with Gasteiger partial charge in [0.2, 0.25) is 0 Å². The summed E-state index contributed by atoms with van der Waals surface area (Å²) in [5, 5.41) is 0. The standard InChI is InChI=1S/C9H15N/c1-4-7-8-9(5-2)10-6-3/h5-8H,4H2,1-3H3/b8-7-,9-5-,10-6?. The Morgan fingerprint density at radius 2 is 2.10 bits per heavy atom. The lowest BCUT2D eigenvalue weighted by Crippen LogP contribution is -1.70. The van der Waals surface area contributed by atoms with Gasteiger partial charge in [0, 0.05) is 6.21 Å². The zero-order valence-corrected chi connectivity index (χ0v) is 6.96. The molecular weight excluding hydrogens is 122 g/mol. The van der Waals surface area contributed by atoms with Gasteiger partial charge in [0.15, 0.2) is 0 Å². The molecule has 0 bridgehead atoms. The van der Waals surface area contributed by atoms with Crippen molar-refractivity contribution in [1.82, 2.24) is 0 Å². The molecular formula is C9H15N. The van der Waals surface area contributed by atoms with E-state index in [1.54, 1.807) is 6.21 Å². The van der Waals surface area contributed by atoms with Crippen LogP contribution in [0, 0.1) is 0 Å². The molecule has 0 radical (unpaired) electrons. The summed E-state index contributed by atoms with van der Waals surface area (Å²) in [6.07, 6.45) is 8.99. The highest BCUT2D eigenvalue weighted by Crippen LogP contribution is 1.98. The lowest BCUT2D eigenvalue weighted by molar-refractivity contribution is 1.21. The molecule has 0 N–H and O–H groups in total. The summed E-state index contributed by atoms with van der Waals surface area (Å²) >= 11 is 0. The smallest absolute Gasteiger partial charge is 0.0579 e. The minimum Gasteiger partial charge on any atom is -0.262 e. The highest BCUT2D eigenvalue weighted by atomic mass is 14.7. The van der Waals surface area contributed by atoms with Crippen LogP contribution in [-0.4, -0.2) is 6.21 Å². The molecule has 0 atom stereocenters. The van der Waals surface area contributed by atoms with E-state index in [0.29, 0.717) is 0 Å². The number of allylic oxidation sites excluding steroid dienone is 3. The third-order valence-electron chi connectivity index (χ3n) is 1.10. The van der Waals surface area contributed by atoms with E-state index in [1.165, 1.54) is 0 Å². The van der Waals surface area contributed by atoms with Crippen LogP contribution in [0.25, 0.3) is 0 Å². The Morgan fingerprint density at radius 3 is 2.50 bits per heavy atom. The first-order valence-corrected chi connectivity index (χ1v) is 3.66. The van der Waals surface area contributed by atoms with Crippen LogP contribution in [0.2, 0.25) is 0 Å². The second-order valence-corrected chi connectivity index (χ2v) is 1.91. The van der Waals surface area contributed by atoms with E-state index >= 15 is 0 Å². The molecule has 0 saturated heterocycles. The number of rotatable bonds is 3. The molecule has 0 amide bonds. The van der Waals surface area contributed by atoms with Crippen LogP contribution in [0.5, 0.6) is 0 Å². The molecule has 0 saturated carbocycles. The number of aliphatic imine (C=N–C) groups is 1. The summed E-state index contributed by atoms with van der Waals surface area (Å²) in [6, 6.07) is 0. The van der Waals surface area contributed by atoms with E-state index in [9.17, 15) is 0 Å². The van der Waals surface area contributed by atoms with E-state index in [0.717, 1.165) is 12.1 Å². The minimum absolute atomic E-state index is 1.03. The number of hydrogen-bond acceptors (Lipinski definition) is 1. The molecule has 0 aliphatic rings. The van der Waals surface area contributed by atoms with E-state index < -0.39 is 0 Å². The van der Waals surface area contributed by atoms with Gasteiger partial charge in [-0.1, -0.05) is 19.1 Å². The zero-order valence-electron chi connectivity index (χ0n) is 6.96. The van der Waals surface area contributed by atoms with Crippen molar-refractivity contribution in [2.24, 2.45) is 4.99 Å². The van der Waals surface area contributed by atoms with E-state index in [4.69, 9.17) is 0 Å². The largest absolute Gasteiger partial charge is 0.262 e. The Morgan fingerprint density at radius 1 is 1.40 bits per heavy atom. The van der Waals surface area contributed by atoms with Crippen molar-refractivity contribution in [1.29, 1.82) is 0 Å². The first-order valence-electron chi connectivity index (χ1n) is 3.66. The predicted molar refractivity (Wildman–Crippen MR) is 47.4 cm³/mol. The number of nitrogens with zero attached hydrogens (tertiary/aromatic N) is 1. The van der Waals surface area contributed by atoms with E-state index in [-0.39, 0.29) is 0 Å². The molecule has 0 aromatic rings. The quantitative estimate of drug-likeness (QED) is 0.419. The summed E-state index contributed by atoms with van der Waals surface area (Å²) < 4.78 is 0. The lowest BCUT2D eigenvalue weighted by atomic mass is 10.3. The highest BCUT2D eigenvalue weighted by Gasteiger charge is 1.79. The number of hydrogen-bond donors (Lipinski definition) is 0. The van der Waals surface area contributed by atoms with Crippen LogP contribution < -0.4 is 0 Å². The van der Waals surface area contributed by atoms with Crippen LogP contribution in [0.3, 0.4) is 0 Å². The normalized spacial score (nSPS) is 13.7. The summed E-state index contributed by atoms with van der Waals surface area (Å²) in [5.74, 6) is 0. The van der Waals surface area contributed by atoms with Crippen LogP contribution >= 0.6 is 0 Å². The Balaban J connectivity index is 3.97. The molecule has 0 heterocycles. The summed E-state index contributed by atoms with van der Waals surface area (Å²) in [5.41, 5.74) is 1.03. The SMILES string of the molecule is CC=NC(/C=C\CC)=C\C. The fourth-order valence-corrected chi connectivity index (χ4v) is 0.601. The predicted octanol–water partition coefficient (Wildman–Crippen LogP) is 2.95. The van der Waals surface area contributed by atoms with Gasteiger partial charge in [0.1, 0.15) is 0 Å². The molecule has 0 aliphatic carbocycles. The first-order chi connectivity index (χ1) is 4.85. The van der Waals surface area contributed by atoms with Gasteiger partial charge in [-0.15, -0.1) is 0 Å². The van der Waals surface area contributed by atoms with Crippen LogP contribution in [0.4, 0.5) is 0 Å². The molecule has 0 aromatic carbocycles. The van der Waals surface area contributed by atoms with Gasteiger partial charge in [-0.05, 0) is 26.3 Å². The zero-order chi connectivity index (χ0) is 7.82. The first kappa shape index (κ1) is 9.15. The van der Waals surface area contributed by atoms with Gasteiger partial charge in [0.25, 0.3) is 0 Å². The van der Waals surface area contributed by atoms with Gasteiger partial charge < -0.3 is 0 Å². The lowest BCUT2D eigenvalue weighted by Gasteiger charge is -1.88. The highest BCUT2D eigenvalue weighted by molar-refractivity contribution is 5.56. The van der Waals surface area contributed by atoms with Gasteiger partial charge >= 0.3 is 0 Å². The van der Waals surface area contributed by atoms with Crippen molar-refractivity contribution < 1.29 is 0 Å². The molecule has 1 nitrogen and oxygen atoms in total. The van der Waals surface area contributed by atoms with Gasteiger partial charge in [-0.3, -0.25) is 4.99 Å². The average molecular weight is 137 g/mol. The Kier molecular flexibility index (Phi) is 5.74. The fraction of sp³-hybridized carbons (Fsp3) is 0.444. The summed E-state index contributed by atoms with van der Waals surface area (Å²) in [6.45, 7) is 6.02. The van der Waals surface area contributed by atoms with Crippen molar-refractivity contribution in [2.45, 2.75) is 27.2 Å². The van der Waals surface area contributed by atoms with Crippen molar-refractivity contribution in [2.75, 3.05) is 0 Å². The Labute approximate surface area is 63.2 Å². The second-order valence-electron chi connectivity index (χ2n) is 1.91. The summed E-state index contributed by atoms with van der Waals surface area (Å²) in [4.78, 5) is 4.13. The fourth-order valence-electron chi connectivity index (χ4n) is 0.601. The van der Waals surface area contributed by atoms with Crippen LogP contribution in [0.15, 0.2) is 28.9 Å². The molecule has 10 heavy (non-hydrogen) atoms. The summed E-state index contributed by atoms with van der Waals surface area (Å²) in [7, 11) is 0. The third kappa shape index (κ3) is 4.07. The Bertz CT molecular complexity index is 152. The molecule has 0 rings (SSSR count). The van der Waals surface area contributed by atoms with Crippen molar-refractivity contribution in [3.05, 3.63) is 23.9 Å². The topological polar surface area (TPSA) is 12.4 Å². The van der Waals surface area contributed by atoms with Crippen molar-refractivity contribution in [3.63, 3.8) is 0 Å². The van der Waals surface area contributed by atoms with E-state index in [2.05, 4.69) is 18.0 Å². The molecule has 0 fully saturated rings. The van der Waals surface area contributed by atoms with Gasteiger partial charge in [-0.25, -0.2) is 0 Å². The van der Waals surface area contributed by atoms with E-state index in [1.807, 2.05) is 26.0 Å². The van der Waals surface area contributed by atoms with Crippen LogP contribution in [-0.2, 0) is 0 Å². The third-order valence-corrected chi connectivity index (χ3v) is 1.10. The second kappa shape index (κ2) is 6.27. The molecule has 0 aliphatic heterocycles. The average Bonchev–Trinajstić information content (AvgIpc) is 1.98. The molecule has 1 heteroatoms. The molecule has 0 unspecified atom stereocenters.